The Balaban J connectivity index is 3.31. The molecule has 0 radical (unpaired) electrons. The first-order chi connectivity index (χ1) is 8.24. The van der Waals surface area contributed by atoms with E-state index in [1.165, 1.54) is 6.07 Å². The van der Waals surface area contributed by atoms with E-state index < -0.39 is 11.7 Å². The zero-order chi connectivity index (χ0) is 14.0. The Hall–Kier alpha value is -1.03. The average Bonchev–Trinajstić information content (AvgIpc) is 2.29. The molecule has 1 aromatic carbocycles. The Kier molecular flexibility index (Phi) is 4.43. The highest BCUT2D eigenvalue weighted by Crippen LogP contribution is 2.41. The molecule has 0 saturated carbocycles. The number of hydrogen-bond donors (Lipinski definition) is 1. The molecule has 1 nitrogen and oxygen atoms in total. The standard InChI is InChI=1S/C14H20F3N/c1-5-13(2,3)12(18-4)10-8-6-7-9-11(10)14(15,16)17/h6-9,12,18H,5H2,1-4H3. The van der Waals surface area contributed by atoms with E-state index in [1.807, 2.05) is 20.8 Å². The van der Waals surface area contributed by atoms with Gasteiger partial charge >= 0.3 is 6.18 Å². The van der Waals surface area contributed by atoms with Crippen LogP contribution in [0.2, 0.25) is 0 Å². The summed E-state index contributed by atoms with van der Waals surface area (Å²) in [6, 6.07) is 5.46. The van der Waals surface area contributed by atoms with E-state index in [4.69, 9.17) is 0 Å². The fourth-order valence-corrected chi connectivity index (χ4v) is 2.18. The molecule has 0 aliphatic carbocycles. The van der Waals surface area contributed by atoms with Crippen molar-refractivity contribution in [3.63, 3.8) is 0 Å². The minimum Gasteiger partial charge on any atom is -0.313 e. The predicted octanol–water partition coefficient (Wildman–Crippen LogP) is 4.40. The van der Waals surface area contributed by atoms with Crippen LogP contribution in [0.4, 0.5) is 13.2 Å². The van der Waals surface area contributed by atoms with Crippen molar-refractivity contribution in [2.24, 2.45) is 5.41 Å². The fourth-order valence-electron chi connectivity index (χ4n) is 2.18. The highest BCUT2D eigenvalue weighted by Gasteiger charge is 2.38. The minimum absolute atomic E-state index is 0.240. The molecule has 102 valence electrons. The van der Waals surface area contributed by atoms with Gasteiger partial charge in [-0.15, -0.1) is 0 Å². The molecule has 0 aliphatic heterocycles. The van der Waals surface area contributed by atoms with Gasteiger partial charge in [-0.2, -0.15) is 13.2 Å². The van der Waals surface area contributed by atoms with Crippen LogP contribution in [0.15, 0.2) is 24.3 Å². The lowest BCUT2D eigenvalue weighted by atomic mass is 9.77. The van der Waals surface area contributed by atoms with E-state index in [-0.39, 0.29) is 11.5 Å². The summed E-state index contributed by atoms with van der Waals surface area (Å²) in [6.07, 6.45) is -3.51. The lowest BCUT2D eigenvalue weighted by molar-refractivity contribution is -0.138. The summed E-state index contributed by atoms with van der Waals surface area (Å²) in [7, 11) is 1.70. The summed E-state index contributed by atoms with van der Waals surface area (Å²) < 4.78 is 39.0. The Morgan fingerprint density at radius 1 is 1.17 bits per heavy atom. The second-order valence-electron chi connectivity index (χ2n) is 5.15. The molecular weight excluding hydrogens is 239 g/mol. The van der Waals surface area contributed by atoms with Crippen molar-refractivity contribution < 1.29 is 13.2 Å². The fraction of sp³-hybridized carbons (Fsp3) is 0.571. The second kappa shape index (κ2) is 5.31. The van der Waals surface area contributed by atoms with Crippen molar-refractivity contribution in [3.8, 4) is 0 Å². The lowest BCUT2D eigenvalue weighted by Crippen LogP contribution is -2.33. The molecule has 0 fully saturated rings. The monoisotopic (exact) mass is 259 g/mol. The number of rotatable bonds is 4. The van der Waals surface area contributed by atoms with Crippen LogP contribution in [0.1, 0.15) is 44.4 Å². The van der Waals surface area contributed by atoms with Crippen LogP contribution in [-0.4, -0.2) is 7.05 Å². The number of halogens is 3. The summed E-state index contributed by atoms with van der Waals surface area (Å²) in [5, 5.41) is 3.02. The summed E-state index contributed by atoms with van der Waals surface area (Å²) in [4.78, 5) is 0. The highest BCUT2D eigenvalue weighted by molar-refractivity contribution is 5.33. The molecule has 0 aliphatic rings. The Bertz CT molecular complexity index is 396. The maximum atomic E-state index is 13.0. The molecule has 1 unspecified atom stereocenters. The van der Waals surface area contributed by atoms with Crippen LogP contribution in [0, 0.1) is 5.41 Å². The van der Waals surface area contributed by atoms with Crippen molar-refractivity contribution in [2.45, 2.75) is 39.4 Å². The van der Waals surface area contributed by atoms with Gasteiger partial charge in [0.2, 0.25) is 0 Å². The molecule has 0 bridgehead atoms. The van der Waals surface area contributed by atoms with Gasteiger partial charge in [0, 0.05) is 6.04 Å². The highest BCUT2D eigenvalue weighted by atomic mass is 19.4. The quantitative estimate of drug-likeness (QED) is 0.845. The van der Waals surface area contributed by atoms with Crippen molar-refractivity contribution in [1.29, 1.82) is 0 Å². The van der Waals surface area contributed by atoms with Gasteiger partial charge in [-0.25, -0.2) is 0 Å². The molecule has 0 heterocycles. The molecule has 1 N–H and O–H groups in total. The first kappa shape index (κ1) is 15.0. The average molecular weight is 259 g/mol. The summed E-state index contributed by atoms with van der Waals surface area (Å²) in [5.41, 5.74) is -0.471. The smallest absolute Gasteiger partial charge is 0.313 e. The van der Waals surface area contributed by atoms with Gasteiger partial charge in [0.25, 0.3) is 0 Å². The van der Waals surface area contributed by atoms with Gasteiger partial charge in [-0.3, -0.25) is 0 Å². The van der Waals surface area contributed by atoms with E-state index >= 15 is 0 Å². The lowest BCUT2D eigenvalue weighted by Gasteiger charge is -2.35. The Labute approximate surface area is 106 Å². The largest absolute Gasteiger partial charge is 0.416 e. The van der Waals surface area contributed by atoms with Gasteiger partial charge in [0.15, 0.2) is 0 Å². The van der Waals surface area contributed by atoms with Gasteiger partial charge in [-0.05, 0) is 30.5 Å². The third-order valence-corrected chi connectivity index (χ3v) is 3.56. The van der Waals surface area contributed by atoms with Crippen molar-refractivity contribution >= 4 is 0 Å². The molecule has 4 heteroatoms. The van der Waals surface area contributed by atoms with Crippen LogP contribution in [0.3, 0.4) is 0 Å². The number of hydrogen-bond acceptors (Lipinski definition) is 1. The van der Waals surface area contributed by atoms with Crippen LogP contribution in [-0.2, 0) is 6.18 Å². The van der Waals surface area contributed by atoms with E-state index in [0.717, 1.165) is 12.5 Å². The van der Waals surface area contributed by atoms with Gasteiger partial charge < -0.3 is 5.32 Å². The van der Waals surface area contributed by atoms with Crippen LogP contribution >= 0.6 is 0 Å². The number of benzene rings is 1. The zero-order valence-electron chi connectivity index (χ0n) is 11.2. The summed E-state index contributed by atoms with van der Waals surface area (Å²) in [5.74, 6) is 0. The molecule has 0 saturated heterocycles. The van der Waals surface area contributed by atoms with E-state index in [2.05, 4.69) is 5.32 Å². The first-order valence-electron chi connectivity index (χ1n) is 6.07. The van der Waals surface area contributed by atoms with Crippen LogP contribution in [0.25, 0.3) is 0 Å². The molecule has 1 atom stereocenters. The molecule has 1 aromatic rings. The third-order valence-electron chi connectivity index (χ3n) is 3.56. The first-order valence-corrected chi connectivity index (χ1v) is 6.07. The summed E-state index contributed by atoms with van der Waals surface area (Å²) in [6.45, 7) is 5.93. The van der Waals surface area contributed by atoms with Gasteiger partial charge in [-0.1, -0.05) is 39.0 Å². The molecule has 0 amide bonds. The maximum Gasteiger partial charge on any atom is 0.416 e. The normalized spacial score (nSPS) is 14.6. The third kappa shape index (κ3) is 3.05. The molecule has 1 rings (SSSR count). The van der Waals surface area contributed by atoms with E-state index in [9.17, 15) is 13.2 Å². The molecule has 0 spiro atoms. The predicted molar refractivity (Wildman–Crippen MR) is 67.3 cm³/mol. The minimum atomic E-state index is -4.31. The molecular formula is C14H20F3N. The Morgan fingerprint density at radius 3 is 2.17 bits per heavy atom. The van der Waals surface area contributed by atoms with E-state index in [0.29, 0.717) is 5.56 Å². The number of nitrogens with one attached hydrogen (secondary N) is 1. The molecule has 18 heavy (non-hydrogen) atoms. The van der Waals surface area contributed by atoms with Gasteiger partial charge in [0.1, 0.15) is 0 Å². The van der Waals surface area contributed by atoms with Crippen molar-refractivity contribution in [3.05, 3.63) is 35.4 Å². The zero-order valence-corrected chi connectivity index (χ0v) is 11.2. The van der Waals surface area contributed by atoms with Gasteiger partial charge in [0.05, 0.1) is 5.56 Å². The summed E-state index contributed by atoms with van der Waals surface area (Å²) >= 11 is 0. The van der Waals surface area contributed by atoms with Crippen LogP contribution in [0.5, 0.6) is 0 Å². The SMILES string of the molecule is CCC(C)(C)C(NC)c1ccccc1C(F)(F)F. The Morgan fingerprint density at radius 2 is 1.72 bits per heavy atom. The maximum absolute atomic E-state index is 13.0. The topological polar surface area (TPSA) is 12.0 Å². The van der Waals surface area contributed by atoms with Crippen molar-refractivity contribution in [1.82, 2.24) is 5.32 Å². The van der Waals surface area contributed by atoms with Crippen molar-refractivity contribution in [2.75, 3.05) is 7.05 Å². The number of alkyl halides is 3. The second-order valence-corrected chi connectivity index (χ2v) is 5.15. The molecule has 0 aromatic heterocycles. The van der Waals surface area contributed by atoms with Crippen LogP contribution < -0.4 is 5.32 Å². The van der Waals surface area contributed by atoms with E-state index in [1.54, 1.807) is 19.2 Å².